The Bertz CT molecular complexity index is 158. The van der Waals surface area contributed by atoms with Crippen LogP contribution in [0.2, 0.25) is 0 Å². The molecule has 3 unspecified atom stereocenters. The lowest BCUT2D eigenvalue weighted by Crippen LogP contribution is -2.43. The molecule has 1 aliphatic rings. The molecular weight excluding hydrogens is 168 g/mol. The van der Waals surface area contributed by atoms with Crippen molar-refractivity contribution in [3.05, 3.63) is 0 Å². The lowest BCUT2D eigenvalue weighted by atomic mass is 9.77. The smallest absolute Gasteiger partial charge is 0.0798 e. The molecule has 1 fully saturated rings. The van der Waals surface area contributed by atoms with Gasteiger partial charge in [-0.25, -0.2) is 0 Å². The first-order valence-electron chi connectivity index (χ1n) is 4.82. The average molecular weight is 188 g/mol. The fourth-order valence-corrected chi connectivity index (χ4v) is 3.34. The van der Waals surface area contributed by atoms with Crippen LogP contribution >= 0.6 is 11.8 Å². The Labute approximate surface area is 79.9 Å². The Balaban J connectivity index is 2.69. The number of hydrogen-bond donors (Lipinski definition) is 1. The van der Waals surface area contributed by atoms with Crippen LogP contribution in [0.5, 0.6) is 0 Å². The molecule has 1 aliphatic heterocycles. The molecule has 0 amide bonds. The molecular formula is C10H20OS. The third kappa shape index (κ3) is 1.64. The summed E-state index contributed by atoms with van der Waals surface area (Å²) in [6.07, 6.45) is 0.970. The van der Waals surface area contributed by atoms with Crippen molar-refractivity contribution >= 4 is 11.8 Å². The Morgan fingerprint density at radius 2 is 2.00 bits per heavy atom. The second-order valence-corrected chi connectivity index (χ2v) is 5.74. The van der Waals surface area contributed by atoms with Crippen LogP contribution in [-0.4, -0.2) is 21.7 Å². The van der Waals surface area contributed by atoms with Crippen LogP contribution in [-0.2, 0) is 0 Å². The summed E-state index contributed by atoms with van der Waals surface area (Å²) in [6.45, 7) is 8.71. The third-order valence-corrected chi connectivity index (χ3v) is 4.71. The summed E-state index contributed by atoms with van der Waals surface area (Å²) in [5.74, 6) is 2.12. The van der Waals surface area contributed by atoms with Gasteiger partial charge in [-0.2, -0.15) is 11.8 Å². The first kappa shape index (κ1) is 10.4. The zero-order valence-electron chi connectivity index (χ0n) is 8.50. The standard InChI is InChI=1S/C10H20OS/c1-7(2)8(3)10(11)5-6-12-9(10)4/h7-9,11H,5-6H2,1-4H3. The second-order valence-electron chi connectivity index (χ2n) is 4.29. The Kier molecular flexibility index (Phi) is 3.11. The molecule has 0 aliphatic carbocycles. The minimum absolute atomic E-state index is 0.404. The van der Waals surface area contributed by atoms with Crippen LogP contribution in [0, 0.1) is 11.8 Å². The van der Waals surface area contributed by atoms with E-state index in [1.165, 1.54) is 0 Å². The third-order valence-electron chi connectivity index (χ3n) is 3.36. The van der Waals surface area contributed by atoms with Crippen molar-refractivity contribution < 1.29 is 5.11 Å². The highest BCUT2D eigenvalue weighted by Crippen LogP contribution is 2.42. The second kappa shape index (κ2) is 3.59. The number of rotatable bonds is 2. The molecule has 0 radical (unpaired) electrons. The highest BCUT2D eigenvalue weighted by molar-refractivity contribution is 8.00. The van der Waals surface area contributed by atoms with Crippen LogP contribution < -0.4 is 0 Å². The van der Waals surface area contributed by atoms with E-state index in [1.807, 2.05) is 11.8 Å². The summed E-state index contributed by atoms with van der Waals surface area (Å²) < 4.78 is 0. The Morgan fingerprint density at radius 1 is 1.42 bits per heavy atom. The first-order valence-corrected chi connectivity index (χ1v) is 5.87. The molecule has 1 nitrogen and oxygen atoms in total. The molecule has 3 atom stereocenters. The lowest BCUT2D eigenvalue weighted by Gasteiger charge is -2.35. The van der Waals surface area contributed by atoms with Gasteiger partial charge >= 0.3 is 0 Å². The van der Waals surface area contributed by atoms with Crippen LogP contribution in [0.4, 0.5) is 0 Å². The fraction of sp³-hybridized carbons (Fsp3) is 1.00. The van der Waals surface area contributed by atoms with Crippen molar-refractivity contribution in [3.8, 4) is 0 Å². The molecule has 72 valence electrons. The molecule has 2 heteroatoms. The van der Waals surface area contributed by atoms with Crippen LogP contribution in [0.1, 0.15) is 34.1 Å². The summed E-state index contributed by atoms with van der Waals surface area (Å²) in [5.41, 5.74) is -0.404. The van der Waals surface area contributed by atoms with E-state index in [1.54, 1.807) is 0 Å². The molecule has 1 rings (SSSR count). The van der Waals surface area contributed by atoms with Gasteiger partial charge in [-0.05, 0) is 24.0 Å². The number of hydrogen-bond acceptors (Lipinski definition) is 2. The van der Waals surface area contributed by atoms with Crippen LogP contribution in [0.15, 0.2) is 0 Å². The minimum Gasteiger partial charge on any atom is -0.388 e. The molecule has 0 aromatic rings. The van der Waals surface area contributed by atoms with Crippen molar-refractivity contribution in [1.29, 1.82) is 0 Å². The average Bonchev–Trinajstić information content (AvgIpc) is 2.32. The zero-order valence-corrected chi connectivity index (χ0v) is 9.32. The molecule has 0 bridgehead atoms. The normalized spacial score (nSPS) is 39.0. The van der Waals surface area contributed by atoms with E-state index < -0.39 is 5.60 Å². The van der Waals surface area contributed by atoms with Gasteiger partial charge in [0.2, 0.25) is 0 Å². The molecule has 0 aromatic carbocycles. The zero-order chi connectivity index (χ0) is 9.35. The molecule has 1 saturated heterocycles. The van der Waals surface area contributed by atoms with Crippen LogP contribution in [0.25, 0.3) is 0 Å². The van der Waals surface area contributed by atoms with Crippen molar-refractivity contribution in [2.75, 3.05) is 5.75 Å². The summed E-state index contributed by atoms with van der Waals surface area (Å²) in [5, 5.41) is 10.8. The summed E-state index contributed by atoms with van der Waals surface area (Å²) in [6, 6.07) is 0. The molecule has 1 N–H and O–H groups in total. The fourth-order valence-electron chi connectivity index (χ4n) is 1.92. The van der Waals surface area contributed by atoms with Gasteiger partial charge in [0.25, 0.3) is 0 Å². The predicted molar refractivity (Wildman–Crippen MR) is 55.5 cm³/mol. The highest BCUT2D eigenvalue weighted by atomic mass is 32.2. The van der Waals surface area contributed by atoms with E-state index >= 15 is 0 Å². The van der Waals surface area contributed by atoms with Gasteiger partial charge in [0, 0.05) is 5.25 Å². The number of aliphatic hydroxyl groups is 1. The van der Waals surface area contributed by atoms with Gasteiger partial charge in [0.1, 0.15) is 0 Å². The van der Waals surface area contributed by atoms with Gasteiger partial charge in [0.15, 0.2) is 0 Å². The van der Waals surface area contributed by atoms with Gasteiger partial charge < -0.3 is 5.11 Å². The topological polar surface area (TPSA) is 20.2 Å². The molecule has 0 aromatic heterocycles. The van der Waals surface area contributed by atoms with Gasteiger partial charge in [0.05, 0.1) is 5.60 Å². The van der Waals surface area contributed by atoms with E-state index in [2.05, 4.69) is 27.7 Å². The van der Waals surface area contributed by atoms with Crippen molar-refractivity contribution in [3.63, 3.8) is 0 Å². The van der Waals surface area contributed by atoms with Gasteiger partial charge in [-0.3, -0.25) is 0 Å². The van der Waals surface area contributed by atoms with Crippen LogP contribution in [0.3, 0.4) is 0 Å². The summed E-state index contributed by atoms with van der Waals surface area (Å²) in [4.78, 5) is 0. The lowest BCUT2D eigenvalue weighted by molar-refractivity contribution is -0.0239. The first-order chi connectivity index (χ1) is 5.48. The predicted octanol–water partition coefficient (Wildman–Crippen LogP) is 2.54. The van der Waals surface area contributed by atoms with E-state index in [4.69, 9.17) is 0 Å². The molecule has 0 saturated carbocycles. The van der Waals surface area contributed by atoms with Crippen molar-refractivity contribution in [2.45, 2.75) is 45.0 Å². The van der Waals surface area contributed by atoms with E-state index in [9.17, 15) is 5.11 Å². The van der Waals surface area contributed by atoms with Gasteiger partial charge in [-0.1, -0.05) is 27.7 Å². The van der Waals surface area contributed by atoms with E-state index in [0.29, 0.717) is 17.1 Å². The molecule has 1 heterocycles. The minimum atomic E-state index is -0.404. The number of thioether (sulfide) groups is 1. The maximum atomic E-state index is 10.4. The maximum absolute atomic E-state index is 10.4. The Morgan fingerprint density at radius 3 is 2.33 bits per heavy atom. The summed E-state index contributed by atoms with van der Waals surface area (Å²) in [7, 11) is 0. The molecule has 12 heavy (non-hydrogen) atoms. The largest absolute Gasteiger partial charge is 0.388 e. The monoisotopic (exact) mass is 188 g/mol. The van der Waals surface area contributed by atoms with E-state index in [-0.39, 0.29) is 0 Å². The van der Waals surface area contributed by atoms with Crippen molar-refractivity contribution in [1.82, 2.24) is 0 Å². The quantitative estimate of drug-likeness (QED) is 0.718. The van der Waals surface area contributed by atoms with E-state index in [0.717, 1.165) is 12.2 Å². The van der Waals surface area contributed by atoms with Crippen molar-refractivity contribution in [2.24, 2.45) is 11.8 Å². The highest BCUT2D eigenvalue weighted by Gasteiger charge is 2.44. The SMILES string of the molecule is CC(C)C(C)C1(O)CCSC1C. The van der Waals surface area contributed by atoms with Gasteiger partial charge in [-0.15, -0.1) is 0 Å². The summed E-state index contributed by atoms with van der Waals surface area (Å²) >= 11 is 1.90. The molecule has 0 spiro atoms. The Hall–Kier alpha value is 0.310. The maximum Gasteiger partial charge on any atom is 0.0798 e.